The third kappa shape index (κ3) is 4.59. The van der Waals surface area contributed by atoms with Crippen LogP contribution < -0.4 is 10.1 Å². The number of aromatic nitrogens is 1. The van der Waals surface area contributed by atoms with E-state index >= 15 is 0 Å². The fourth-order valence-electron chi connectivity index (χ4n) is 5.08. The number of imide groups is 1. The molecule has 0 spiro atoms. The summed E-state index contributed by atoms with van der Waals surface area (Å²) in [5, 5.41) is 6.33. The molecule has 10 heteroatoms. The van der Waals surface area contributed by atoms with Crippen LogP contribution in [0.1, 0.15) is 84.0 Å². The number of rotatable bonds is 6. The molecule has 3 aliphatic rings. The molecule has 0 radical (unpaired) electrons. The van der Waals surface area contributed by atoms with Crippen molar-refractivity contribution in [3.8, 4) is 5.75 Å². The highest BCUT2D eigenvalue weighted by Crippen LogP contribution is 2.31. The average Bonchev–Trinajstić information content (AvgIpc) is 3.48. The third-order valence-corrected chi connectivity index (χ3v) is 7.16. The van der Waals surface area contributed by atoms with Crippen molar-refractivity contribution in [1.82, 2.24) is 20.3 Å². The van der Waals surface area contributed by atoms with Crippen molar-refractivity contribution >= 4 is 23.6 Å². The van der Waals surface area contributed by atoms with Gasteiger partial charge in [-0.1, -0.05) is 19.0 Å². The molecule has 3 aliphatic heterocycles. The molecule has 0 saturated carbocycles. The van der Waals surface area contributed by atoms with Crippen molar-refractivity contribution in [2.24, 2.45) is 0 Å². The van der Waals surface area contributed by atoms with Gasteiger partial charge < -0.3 is 19.1 Å². The van der Waals surface area contributed by atoms with Gasteiger partial charge in [0.2, 0.25) is 17.6 Å². The molecule has 5 rings (SSSR count). The van der Waals surface area contributed by atoms with Crippen LogP contribution in [0.5, 0.6) is 5.75 Å². The van der Waals surface area contributed by atoms with Crippen molar-refractivity contribution in [3.63, 3.8) is 0 Å². The Morgan fingerprint density at radius 2 is 2.03 bits per heavy atom. The molecular weight excluding hydrogens is 464 g/mol. The number of likely N-dealkylation sites (tertiary alicyclic amines) is 1. The molecule has 4 amide bonds. The molecule has 2 aromatic rings. The van der Waals surface area contributed by atoms with E-state index in [2.05, 4.69) is 10.5 Å². The van der Waals surface area contributed by atoms with Crippen molar-refractivity contribution in [1.29, 1.82) is 0 Å². The number of hydrogen-bond donors (Lipinski definition) is 1. The summed E-state index contributed by atoms with van der Waals surface area (Å²) < 4.78 is 11.4. The largest absolute Gasteiger partial charge is 0.491 e. The maximum atomic E-state index is 13.1. The van der Waals surface area contributed by atoms with Crippen LogP contribution >= 0.6 is 0 Å². The number of hydrogen-bond acceptors (Lipinski definition) is 7. The number of nitrogens with zero attached hydrogens (tertiary/aromatic N) is 3. The standard InChI is InChI=1S/C26H30N4O6/c1-15(2)20-12-22(36-28-20)26(34)29-10-4-3-5-17(29)14-35-18-6-7-19-16(11-18)13-30(25(19)33)21-8-9-23(31)27-24(21)32/h6-7,11-12,15,17,21H,3-5,8-10,13-14H2,1-2H3,(H,27,31,32)/t17-,21?/m1/s1. The molecule has 190 valence electrons. The lowest BCUT2D eigenvalue weighted by molar-refractivity contribution is -0.136. The zero-order valence-corrected chi connectivity index (χ0v) is 20.5. The van der Waals surface area contributed by atoms with Crippen molar-refractivity contribution in [3.05, 3.63) is 46.8 Å². The second kappa shape index (κ2) is 9.75. The summed E-state index contributed by atoms with van der Waals surface area (Å²) in [6, 6.07) is 6.23. The van der Waals surface area contributed by atoms with Gasteiger partial charge in [-0.05, 0) is 55.4 Å². The van der Waals surface area contributed by atoms with E-state index in [-0.39, 0.29) is 48.4 Å². The van der Waals surface area contributed by atoms with Crippen LogP contribution in [0.15, 0.2) is 28.8 Å². The Bertz CT molecular complexity index is 1200. The van der Waals surface area contributed by atoms with Gasteiger partial charge in [-0.25, -0.2) is 0 Å². The Hall–Kier alpha value is -3.69. The lowest BCUT2D eigenvalue weighted by Crippen LogP contribution is -2.52. The molecule has 2 fully saturated rings. The molecular formula is C26H30N4O6. The number of nitrogens with one attached hydrogen (secondary N) is 1. The normalized spacial score (nSPS) is 22.1. The number of benzene rings is 1. The molecule has 4 heterocycles. The van der Waals surface area contributed by atoms with E-state index < -0.39 is 11.9 Å². The monoisotopic (exact) mass is 494 g/mol. The molecule has 2 saturated heterocycles. The van der Waals surface area contributed by atoms with Gasteiger partial charge in [0.15, 0.2) is 0 Å². The Morgan fingerprint density at radius 1 is 1.19 bits per heavy atom. The second-order valence-electron chi connectivity index (χ2n) is 9.95. The number of ether oxygens (including phenoxy) is 1. The van der Waals surface area contributed by atoms with Crippen LogP contribution in [-0.2, 0) is 16.1 Å². The zero-order valence-electron chi connectivity index (χ0n) is 20.5. The fraction of sp³-hybridized carbons (Fsp3) is 0.500. The van der Waals surface area contributed by atoms with Gasteiger partial charge in [0.25, 0.3) is 11.8 Å². The van der Waals surface area contributed by atoms with E-state index in [4.69, 9.17) is 9.26 Å². The molecule has 1 aromatic carbocycles. The Morgan fingerprint density at radius 3 is 2.78 bits per heavy atom. The predicted molar refractivity (Wildman–Crippen MR) is 127 cm³/mol. The molecule has 0 bridgehead atoms. The van der Waals surface area contributed by atoms with Gasteiger partial charge in [-0.15, -0.1) is 0 Å². The summed E-state index contributed by atoms with van der Waals surface area (Å²) in [7, 11) is 0. The third-order valence-electron chi connectivity index (χ3n) is 7.16. The topological polar surface area (TPSA) is 122 Å². The number of amides is 4. The quantitative estimate of drug-likeness (QED) is 0.613. The first kappa shape index (κ1) is 24.0. The number of fused-ring (bicyclic) bond motifs is 1. The SMILES string of the molecule is CC(C)c1cc(C(=O)N2CCCC[C@@H]2COc2ccc3c(c2)CN(C2CCC(=O)NC2=O)C3=O)on1. The summed E-state index contributed by atoms with van der Waals surface area (Å²) in [5.74, 6) is -0.117. The van der Waals surface area contributed by atoms with Gasteiger partial charge in [0, 0.05) is 31.1 Å². The van der Waals surface area contributed by atoms with Crippen LogP contribution in [0.3, 0.4) is 0 Å². The maximum absolute atomic E-state index is 13.1. The first-order valence-electron chi connectivity index (χ1n) is 12.5. The van der Waals surface area contributed by atoms with Crippen LogP contribution in [0.4, 0.5) is 0 Å². The highest BCUT2D eigenvalue weighted by atomic mass is 16.5. The van der Waals surface area contributed by atoms with E-state index in [0.717, 1.165) is 30.5 Å². The minimum atomic E-state index is -0.652. The molecule has 1 aromatic heterocycles. The lowest BCUT2D eigenvalue weighted by Gasteiger charge is -2.34. The molecule has 0 aliphatic carbocycles. The number of carbonyl (C=O) groups excluding carboxylic acids is 4. The molecule has 36 heavy (non-hydrogen) atoms. The smallest absolute Gasteiger partial charge is 0.292 e. The maximum Gasteiger partial charge on any atom is 0.292 e. The van der Waals surface area contributed by atoms with E-state index in [9.17, 15) is 19.2 Å². The zero-order chi connectivity index (χ0) is 25.4. The van der Waals surface area contributed by atoms with E-state index in [0.29, 0.717) is 30.9 Å². The van der Waals surface area contributed by atoms with Crippen LogP contribution in [0.2, 0.25) is 0 Å². The first-order chi connectivity index (χ1) is 17.3. The number of carbonyl (C=O) groups is 4. The van der Waals surface area contributed by atoms with Gasteiger partial charge in [0.1, 0.15) is 18.4 Å². The van der Waals surface area contributed by atoms with Gasteiger partial charge in [0.05, 0.1) is 11.7 Å². The summed E-state index contributed by atoms with van der Waals surface area (Å²) in [6.45, 7) is 5.23. The van der Waals surface area contributed by atoms with E-state index in [1.807, 2.05) is 19.9 Å². The Kier molecular flexibility index (Phi) is 6.51. The number of piperidine rings is 2. The minimum absolute atomic E-state index is 0.103. The summed E-state index contributed by atoms with van der Waals surface area (Å²) >= 11 is 0. The van der Waals surface area contributed by atoms with E-state index in [1.165, 1.54) is 4.90 Å². The van der Waals surface area contributed by atoms with E-state index in [1.54, 1.807) is 23.1 Å². The minimum Gasteiger partial charge on any atom is -0.491 e. The van der Waals surface area contributed by atoms with Crippen LogP contribution in [0, 0.1) is 0 Å². The predicted octanol–water partition coefficient (Wildman–Crippen LogP) is 2.63. The highest BCUT2D eigenvalue weighted by molar-refractivity contribution is 6.05. The highest BCUT2D eigenvalue weighted by Gasteiger charge is 2.39. The Labute approximate surface area is 208 Å². The lowest BCUT2D eigenvalue weighted by atomic mass is 10.0. The Balaban J connectivity index is 1.24. The molecule has 1 unspecified atom stereocenters. The van der Waals surface area contributed by atoms with Crippen LogP contribution in [0.25, 0.3) is 0 Å². The molecule has 2 atom stereocenters. The van der Waals surface area contributed by atoms with Gasteiger partial charge in [-0.2, -0.15) is 0 Å². The van der Waals surface area contributed by atoms with Crippen LogP contribution in [-0.4, -0.2) is 63.8 Å². The second-order valence-corrected chi connectivity index (χ2v) is 9.95. The average molecular weight is 495 g/mol. The fourth-order valence-corrected chi connectivity index (χ4v) is 5.08. The molecule has 10 nitrogen and oxygen atoms in total. The summed E-state index contributed by atoms with van der Waals surface area (Å²) in [5.41, 5.74) is 2.07. The van der Waals surface area contributed by atoms with Gasteiger partial charge in [-0.3, -0.25) is 24.5 Å². The first-order valence-corrected chi connectivity index (χ1v) is 12.5. The summed E-state index contributed by atoms with van der Waals surface area (Å²) in [6.07, 6.45) is 3.29. The van der Waals surface area contributed by atoms with Crippen molar-refractivity contribution in [2.75, 3.05) is 13.2 Å². The van der Waals surface area contributed by atoms with Crippen molar-refractivity contribution < 1.29 is 28.4 Å². The van der Waals surface area contributed by atoms with Crippen molar-refractivity contribution in [2.45, 2.75) is 70.5 Å². The van der Waals surface area contributed by atoms with Gasteiger partial charge >= 0.3 is 0 Å². The molecule has 1 N–H and O–H groups in total. The summed E-state index contributed by atoms with van der Waals surface area (Å²) in [4.78, 5) is 53.1.